The molecule has 4 rings (SSSR count). The van der Waals surface area contributed by atoms with Crippen molar-refractivity contribution >= 4 is 41.0 Å². The standard InChI is InChI=1S/C24H24N4O2S.C3H6.C2H7N/c1-16-8-9-19(15-22(16)27-23(29)18-6-4-3-5-7-18)26-24(30)21-11-10-20(14-17(21)2)28-13-12-25-31-28;1-3-2;1-2-3/h3-11,14-15,25H,12-13H2,1-2H3,(H,26,30)(H,27,29);3H,1H2,2H3;2-3H2,1H3. The number of amides is 2. The zero-order valence-corrected chi connectivity index (χ0v) is 22.8. The number of aryl methyl sites for hydroxylation is 2. The van der Waals surface area contributed by atoms with Gasteiger partial charge in [-0.3, -0.25) is 9.59 Å². The second kappa shape index (κ2) is 15.5. The second-order valence-corrected chi connectivity index (χ2v) is 9.12. The summed E-state index contributed by atoms with van der Waals surface area (Å²) in [6.45, 7) is 13.6. The quantitative estimate of drug-likeness (QED) is 0.246. The van der Waals surface area contributed by atoms with Crippen LogP contribution in [-0.2, 0) is 0 Å². The Bertz CT molecular complexity index is 1180. The number of nitrogens with two attached hydrogens (primary N) is 1. The first-order valence-electron chi connectivity index (χ1n) is 12.2. The monoisotopic (exact) mass is 519 g/mol. The summed E-state index contributed by atoms with van der Waals surface area (Å²) in [6, 6.07) is 20.4. The summed E-state index contributed by atoms with van der Waals surface area (Å²) in [6.07, 6.45) is 1.75. The van der Waals surface area contributed by atoms with Crippen LogP contribution < -0.4 is 25.4 Å². The molecule has 1 heterocycles. The zero-order valence-electron chi connectivity index (χ0n) is 22.0. The number of anilines is 3. The van der Waals surface area contributed by atoms with E-state index in [9.17, 15) is 9.59 Å². The highest BCUT2D eigenvalue weighted by Crippen LogP contribution is 2.27. The van der Waals surface area contributed by atoms with Crippen LogP contribution in [0.4, 0.5) is 17.1 Å². The Morgan fingerprint density at radius 3 is 2.30 bits per heavy atom. The van der Waals surface area contributed by atoms with Gasteiger partial charge in [0.1, 0.15) is 0 Å². The molecule has 0 spiro atoms. The highest BCUT2D eigenvalue weighted by atomic mass is 32.2. The van der Waals surface area contributed by atoms with Gasteiger partial charge < -0.3 is 20.7 Å². The highest BCUT2D eigenvalue weighted by molar-refractivity contribution is 7.99. The number of nitrogens with one attached hydrogen (secondary N) is 3. The van der Waals surface area contributed by atoms with Gasteiger partial charge in [0.2, 0.25) is 0 Å². The van der Waals surface area contributed by atoms with Crippen molar-refractivity contribution in [3.05, 3.63) is 102 Å². The van der Waals surface area contributed by atoms with E-state index in [4.69, 9.17) is 5.73 Å². The Morgan fingerprint density at radius 1 is 1.03 bits per heavy atom. The summed E-state index contributed by atoms with van der Waals surface area (Å²) in [4.78, 5) is 25.4. The van der Waals surface area contributed by atoms with Crippen molar-refractivity contribution in [3.8, 4) is 0 Å². The van der Waals surface area contributed by atoms with Gasteiger partial charge >= 0.3 is 0 Å². The van der Waals surface area contributed by atoms with Crippen LogP contribution in [-0.4, -0.2) is 31.4 Å². The Hall–Kier alpha value is -3.59. The van der Waals surface area contributed by atoms with Crippen molar-refractivity contribution in [1.82, 2.24) is 4.72 Å². The van der Waals surface area contributed by atoms with E-state index in [1.54, 1.807) is 36.4 Å². The maximum Gasteiger partial charge on any atom is 0.255 e. The number of carbonyl (C=O) groups is 2. The SMILES string of the molecule is C=CC.CCN.Cc1ccc(NC(=O)c2ccc(N3CCNS3)cc2C)cc1NC(=O)c1ccccc1. The minimum absolute atomic E-state index is 0.180. The van der Waals surface area contributed by atoms with Crippen LogP contribution >= 0.6 is 12.1 Å². The maximum atomic E-state index is 12.9. The molecule has 5 N–H and O–H groups in total. The van der Waals surface area contributed by atoms with Gasteiger partial charge in [0.05, 0.1) is 0 Å². The molecule has 8 heteroatoms. The molecule has 1 fully saturated rings. The molecule has 0 bridgehead atoms. The van der Waals surface area contributed by atoms with Crippen molar-refractivity contribution in [2.24, 2.45) is 5.73 Å². The molecule has 0 unspecified atom stereocenters. The third kappa shape index (κ3) is 9.09. The van der Waals surface area contributed by atoms with Crippen LogP contribution in [0.25, 0.3) is 0 Å². The summed E-state index contributed by atoms with van der Waals surface area (Å²) in [5.41, 5.74) is 10.2. The molecule has 0 radical (unpaired) electrons. The average Bonchev–Trinajstić information content (AvgIpc) is 3.42. The first-order chi connectivity index (χ1) is 17.8. The Kier molecular flexibility index (Phi) is 12.4. The van der Waals surface area contributed by atoms with Gasteiger partial charge in [-0.15, -0.1) is 6.58 Å². The van der Waals surface area contributed by atoms with Crippen molar-refractivity contribution in [2.75, 3.05) is 34.6 Å². The van der Waals surface area contributed by atoms with Gasteiger partial charge in [0, 0.05) is 53.4 Å². The van der Waals surface area contributed by atoms with Crippen LogP contribution in [0.1, 0.15) is 45.7 Å². The van der Waals surface area contributed by atoms with Crippen molar-refractivity contribution in [2.45, 2.75) is 27.7 Å². The van der Waals surface area contributed by atoms with Gasteiger partial charge in [-0.2, -0.15) is 0 Å². The minimum Gasteiger partial charge on any atom is -0.331 e. The number of rotatable bonds is 5. The normalized spacial score (nSPS) is 11.9. The van der Waals surface area contributed by atoms with E-state index in [0.29, 0.717) is 22.5 Å². The molecule has 1 aliphatic rings. The lowest BCUT2D eigenvalue weighted by molar-refractivity contribution is 0.101. The fourth-order valence-corrected chi connectivity index (χ4v) is 4.11. The van der Waals surface area contributed by atoms with E-state index >= 15 is 0 Å². The van der Waals surface area contributed by atoms with E-state index in [2.05, 4.69) is 26.2 Å². The lowest BCUT2D eigenvalue weighted by Gasteiger charge is -2.17. The molecule has 3 aromatic carbocycles. The first-order valence-corrected chi connectivity index (χ1v) is 12.9. The van der Waals surface area contributed by atoms with E-state index in [1.807, 2.05) is 76.2 Å². The van der Waals surface area contributed by atoms with Gasteiger partial charge in [-0.25, -0.2) is 4.72 Å². The molecule has 196 valence electrons. The van der Waals surface area contributed by atoms with Crippen LogP contribution in [0, 0.1) is 13.8 Å². The molecule has 0 saturated carbocycles. The third-order valence-corrected chi connectivity index (χ3v) is 6.06. The molecule has 37 heavy (non-hydrogen) atoms. The molecule has 0 atom stereocenters. The van der Waals surface area contributed by atoms with Gasteiger partial charge in [-0.05, 0) is 80.9 Å². The lowest BCUT2D eigenvalue weighted by Crippen LogP contribution is -2.16. The third-order valence-electron chi connectivity index (χ3n) is 5.11. The second-order valence-electron chi connectivity index (χ2n) is 8.21. The van der Waals surface area contributed by atoms with Crippen molar-refractivity contribution in [3.63, 3.8) is 0 Å². The molecule has 1 saturated heterocycles. The molecule has 2 amide bonds. The zero-order chi connectivity index (χ0) is 27.2. The van der Waals surface area contributed by atoms with E-state index in [0.717, 1.165) is 36.4 Å². The predicted molar refractivity (Wildman–Crippen MR) is 158 cm³/mol. The summed E-state index contributed by atoms with van der Waals surface area (Å²) >= 11 is 1.58. The van der Waals surface area contributed by atoms with Crippen LogP contribution in [0.5, 0.6) is 0 Å². The number of allylic oxidation sites excluding steroid dienone is 1. The molecular weight excluding hydrogens is 482 g/mol. The Balaban J connectivity index is 0.000000733. The van der Waals surface area contributed by atoms with Gasteiger partial charge in [0.15, 0.2) is 0 Å². The molecule has 1 aliphatic heterocycles. The Labute approximate surface area is 224 Å². The number of carbonyl (C=O) groups excluding carboxylic acids is 2. The highest BCUT2D eigenvalue weighted by Gasteiger charge is 2.16. The van der Waals surface area contributed by atoms with Gasteiger partial charge in [-0.1, -0.05) is 37.3 Å². The lowest BCUT2D eigenvalue weighted by atomic mass is 10.1. The topological polar surface area (TPSA) is 99.5 Å². The minimum atomic E-state index is -0.187. The Morgan fingerprint density at radius 2 is 1.70 bits per heavy atom. The van der Waals surface area contributed by atoms with Crippen LogP contribution in [0.15, 0.2) is 79.4 Å². The maximum absolute atomic E-state index is 12.9. The summed E-state index contributed by atoms with van der Waals surface area (Å²) in [7, 11) is 0. The summed E-state index contributed by atoms with van der Waals surface area (Å²) in [5.74, 6) is -0.367. The fraction of sp³-hybridized carbons (Fsp3) is 0.241. The first kappa shape index (κ1) is 29.6. The molecule has 3 aromatic rings. The van der Waals surface area contributed by atoms with E-state index in [-0.39, 0.29) is 11.8 Å². The average molecular weight is 520 g/mol. The smallest absolute Gasteiger partial charge is 0.255 e. The van der Waals surface area contributed by atoms with Crippen LogP contribution in [0.2, 0.25) is 0 Å². The van der Waals surface area contributed by atoms with Gasteiger partial charge in [0.25, 0.3) is 11.8 Å². The summed E-state index contributed by atoms with van der Waals surface area (Å²) in [5, 5.41) is 5.87. The number of benzene rings is 3. The van der Waals surface area contributed by atoms with Crippen molar-refractivity contribution < 1.29 is 9.59 Å². The molecule has 7 nitrogen and oxygen atoms in total. The molecule has 0 aliphatic carbocycles. The summed E-state index contributed by atoms with van der Waals surface area (Å²) < 4.78 is 5.39. The predicted octanol–water partition coefficient (Wildman–Crippen LogP) is 5.94. The van der Waals surface area contributed by atoms with Crippen molar-refractivity contribution in [1.29, 1.82) is 0 Å². The number of nitrogens with zero attached hydrogens (tertiary/aromatic N) is 1. The molecule has 0 aromatic heterocycles. The largest absolute Gasteiger partial charge is 0.331 e. The van der Waals surface area contributed by atoms with Crippen LogP contribution in [0.3, 0.4) is 0 Å². The molecular formula is C29H37N5O2S. The fourth-order valence-electron chi connectivity index (χ4n) is 3.37. The number of hydrogen-bond donors (Lipinski definition) is 4. The number of hydrogen-bond acceptors (Lipinski definition) is 6. The van der Waals surface area contributed by atoms with E-state index < -0.39 is 0 Å². The van der Waals surface area contributed by atoms with E-state index in [1.165, 1.54) is 0 Å².